The Morgan fingerprint density at radius 3 is 2.60 bits per heavy atom. The highest BCUT2D eigenvalue weighted by Crippen LogP contribution is 2.11. The van der Waals surface area contributed by atoms with Crippen LogP contribution < -0.4 is 11.1 Å². The molecule has 25 heavy (non-hydrogen) atoms. The van der Waals surface area contributed by atoms with Crippen LogP contribution in [0.25, 0.3) is 0 Å². The number of aryl methyl sites for hydroxylation is 1. The number of aliphatic imine (C=N–C) groups is 1. The summed E-state index contributed by atoms with van der Waals surface area (Å²) < 4.78 is 5.33. The number of hydrogen-bond donors (Lipinski definition) is 2. The number of guanidine groups is 1. The van der Waals surface area contributed by atoms with Crippen LogP contribution in [0.1, 0.15) is 33.3 Å². The molecule has 1 rings (SSSR count). The highest BCUT2D eigenvalue weighted by Gasteiger charge is 2.20. The highest BCUT2D eigenvalue weighted by atomic mass is 127. The monoisotopic (exact) mass is 462 g/mol. The molecular formula is C18H31IN4O2. The number of benzene rings is 1. The smallest absolute Gasteiger partial charge is 0.410 e. The number of nitrogens with one attached hydrogen (secondary N) is 1. The number of carbonyl (C=O) groups is 1. The molecule has 7 heteroatoms. The first-order valence-electron chi connectivity index (χ1n) is 8.14. The molecule has 0 heterocycles. The number of anilines is 1. The topological polar surface area (TPSA) is 80.0 Å². The lowest BCUT2D eigenvalue weighted by Gasteiger charge is -2.26. The Balaban J connectivity index is 0.00000576. The largest absolute Gasteiger partial charge is 0.444 e. The molecule has 1 unspecified atom stereocenters. The van der Waals surface area contributed by atoms with E-state index in [4.69, 9.17) is 10.5 Å². The molecule has 0 aromatic heterocycles. The minimum Gasteiger partial charge on any atom is -0.444 e. The van der Waals surface area contributed by atoms with E-state index in [1.807, 2.05) is 58.9 Å². The third-order valence-electron chi connectivity index (χ3n) is 3.15. The van der Waals surface area contributed by atoms with Gasteiger partial charge in [-0.3, -0.25) is 4.99 Å². The fourth-order valence-electron chi connectivity index (χ4n) is 2.10. The minimum absolute atomic E-state index is 0. The quantitative estimate of drug-likeness (QED) is 0.396. The molecule has 0 saturated carbocycles. The predicted molar refractivity (Wildman–Crippen MR) is 115 cm³/mol. The number of halogens is 1. The first-order chi connectivity index (χ1) is 11.1. The zero-order valence-electron chi connectivity index (χ0n) is 16.0. The van der Waals surface area contributed by atoms with Gasteiger partial charge in [0.05, 0.1) is 0 Å². The van der Waals surface area contributed by atoms with Crippen molar-refractivity contribution in [3.63, 3.8) is 0 Å². The van der Waals surface area contributed by atoms with Crippen molar-refractivity contribution in [2.45, 2.75) is 40.2 Å². The molecule has 0 fully saturated rings. The lowest BCUT2D eigenvalue weighted by Crippen LogP contribution is -2.37. The van der Waals surface area contributed by atoms with E-state index in [0.717, 1.165) is 11.3 Å². The molecule has 1 aromatic rings. The fourth-order valence-corrected chi connectivity index (χ4v) is 2.10. The van der Waals surface area contributed by atoms with Crippen LogP contribution in [0, 0.1) is 12.8 Å². The van der Waals surface area contributed by atoms with E-state index in [0.29, 0.717) is 19.0 Å². The summed E-state index contributed by atoms with van der Waals surface area (Å²) in [5, 5.41) is 3.07. The molecule has 142 valence electrons. The third kappa shape index (κ3) is 10.2. The van der Waals surface area contributed by atoms with Gasteiger partial charge in [0.15, 0.2) is 5.96 Å². The van der Waals surface area contributed by atoms with Crippen LogP contribution in [0.2, 0.25) is 0 Å². The maximum Gasteiger partial charge on any atom is 0.410 e. The number of rotatable bonds is 5. The lowest BCUT2D eigenvalue weighted by molar-refractivity contribution is 0.0279. The summed E-state index contributed by atoms with van der Waals surface area (Å²) in [4.78, 5) is 17.8. The molecule has 6 nitrogen and oxygen atoms in total. The van der Waals surface area contributed by atoms with E-state index < -0.39 is 5.60 Å². The van der Waals surface area contributed by atoms with E-state index in [1.165, 1.54) is 0 Å². The fraction of sp³-hybridized carbons (Fsp3) is 0.556. The second-order valence-corrected chi connectivity index (χ2v) is 7.19. The molecule has 0 bridgehead atoms. The zero-order valence-corrected chi connectivity index (χ0v) is 18.3. The van der Waals surface area contributed by atoms with Crippen molar-refractivity contribution in [1.82, 2.24) is 4.90 Å². The summed E-state index contributed by atoms with van der Waals surface area (Å²) in [6, 6.07) is 7.92. The number of ether oxygens (including phenoxy) is 1. The van der Waals surface area contributed by atoms with Gasteiger partial charge in [-0.1, -0.05) is 19.1 Å². The van der Waals surface area contributed by atoms with E-state index in [2.05, 4.69) is 10.3 Å². The molecule has 0 aliphatic carbocycles. The van der Waals surface area contributed by atoms with E-state index in [9.17, 15) is 4.79 Å². The molecule has 1 atom stereocenters. The van der Waals surface area contributed by atoms with Gasteiger partial charge in [0.1, 0.15) is 5.60 Å². The Morgan fingerprint density at radius 2 is 2.04 bits per heavy atom. The summed E-state index contributed by atoms with van der Waals surface area (Å²) in [7, 11) is 1.72. The van der Waals surface area contributed by atoms with Gasteiger partial charge in [0.2, 0.25) is 0 Å². The van der Waals surface area contributed by atoms with Gasteiger partial charge in [-0.15, -0.1) is 24.0 Å². The van der Waals surface area contributed by atoms with Crippen LogP contribution in [0.3, 0.4) is 0 Å². The summed E-state index contributed by atoms with van der Waals surface area (Å²) in [5.41, 5.74) is 7.49. The van der Waals surface area contributed by atoms with Gasteiger partial charge in [-0.25, -0.2) is 4.79 Å². The molecule has 0 radical (unpaired) electrons. The van der Waals surface area contributed by atoms with Crippen molar-refractivity contribution >= 4 is 41.7 Å². The first kappa shape index (κ1) is 23.5. The summed E-state index contributed by atoms with van der Waals surface area (Å²) in [5.74, 6) is 0.535. The van der Waals surface area contributed by atoms with Crippen molar-refractivity contribution in [3.05, 3.63) is 29.8 Å². The summed E-state index contributed by atoms with van der Waals surface area (Å²) in [6.45, 7) is 10.7. The SMILES string of the molecule is Cc1cccc(NC(N)=NCC(C)CN(C)C(=O)OC(C)(C)C)c1.I. The number of amides is 1. The van der Waals surface area contributed by atoms with Gasteiger partial charge in [-0.2, -0.15) is 0 Å². The van der Waals surface area contributed by atoms with E-state index in [1.54, 1.807) is 11.9 Å². The van der Waals surface area contributed by atoms with Gasteiger partial charge >= 0.3 is 6.09 Å². The first-order valence-corrected chi connectivity index (χ1v) is 8.14. The number of nitrogens with zero attached hydrogens (tertiary/aromatic N) is 2. The van der Waals surface area contributed by atoms with Crippen molar-refractivity contribution in [2.24, 2.45) is 16.6 Å². The van der Waals surface area contributed by atoms with Gasteiger partial charge < -0.3 is 20.7 Å². The molecule has 0 aliphatic heterocycles. The molecule has 1 amide bonds. The molecule has 1 aromatic carbocycles. The van der Waals surface area contributed by atoms with Crippen LogP contribution in [0.5, 0.6) is 0 Å². The summed E-state index contributed by atoms with van der Waals surface area (Å²) >= 11 is 0. The molecule has 3 N–H and O–H groups in total. The minimum atomic E-state index is -0.491. The van der Waals surface area contributed by atoms with Crippen LogP contribution >= 0.6 is 24.0 Å². The number of nitrogens with two attached hydrogens (primary N) is 1. The second kappa shape index (κ2) is 10.5. The van der Waals surface area contributed by atoms with Crippen LogP contribution in [-0.4, -0.2) is 42.7 Å². The lowest BCUT2D eigenvalue weighted by atomic mass is 10.2. The maximum absolute atomic E-state index is 11.9. The Hall–Kier alpha value is -1.51. The average Bonchev–Trinajstić information content (AvgIpc) is 2.43. The van der Waals surface area contributed by atoms with Crippen molar-refractivity contribution in [1.29, 1.82) is 0 Å². The average molecular weight is 462 g/mol. The Kier molecular flexibility index (Phi) is 9.84. The highest BCUT2D eigenvalue weighted by molar-refractivity contribution is 14.0. The van der Waals surface area contributed by atoms with Gasteiger partial charge in [-0.05, 0) is 51.3 Å². The van der Waals surface area contributed by atoms with Crippen LogP contribution in [0.4, 0.5) is 10.5 Å². The zero-order chi connectivity index (χ0) is 18.3. The van der Waals surface area contributed by atoms with E-state index >= 15 is 0 Å². The van der Waals surface area contributed by atoms with Crippen molar-refractivity contribution < 1.29 is 9.53 Å². The van der Waals surface area contributed by atoms with Gasteiger partial charge in [0, 0.05) is 25.8 Å². The molecule has 0 spiro atoms. The van der Waals surface area contributed by atoms with Crippen LogP contribution in [-0.2, 0) is 4.74 Å². The Morgan fingerprint density at radius 1 is 1.40 bits per heavy atom. The summed E-state index contributed by atoms with van der Waals surface area (Å²) in [6.07, 6.45) is -0.329. The second-order valence-electron chi connectivity index (χ2n) is 7.19. The third-order valence-corrected chi connectivity index (χ3v) is 3.15. The molecular weight excluding hydrogens is 431 g/mol. The maximum atomic E-state index is 11.9. The number of hydrogen-bond acceptors (Lipinski definition) is 3. The predicted octanol–water partition coefficient (Wildman–Crippen LogP) is 3.84. The van der Waals surface area contributed by atoms with Crippen molar-refractivity contribution in [2.75, 3.05) is 25.5 Å². The Bertz CT molecular complexity index is 585. The van der Waals surface area contributed by atoms with Gasteiger partial charge in [0.25, 0.3) is 0 Å². The number of carbonyl (C=O) groups excluding carboxylic acids is 1. The Labute approximate surface area is 168 Å². The standard InChI is InChI=1S/C18H30N4O2.HI/c1-13-8-7-9-15(10-13)21-16(19)20-11-14(2)12-22(6)17(23)24-18(3,4)5;/h7-10,14H,11-12H2,1-6H3,(H3,19,20,21);1H. The van der Waals surface area contributed by atoms with Crippen LogP contribution in [0.15, 0.2) is 29.3 Å². The normalized spacial score (nSPS) is 12.8. The van der Waals surface area contributed by atoms with Crippen molar-refractivity contribution in [3.8, 4) is 0 Å². The van der Waals surface area contributed by atoms with E-state index in [-0.39, 0.29) is 36.0 Å². The molecule has 0 saturated heterocycles. The molecule has 0 aliphatic rings.